The third-order valence-corrected chi connectivity index (χ3v) is 12.9. The fourth-order valence-corrected chi connectivity index (χ4v) is 9.77. The molecular formula is C48H47IrN3OSi-2. The SMILES string of the molecule is C[Si](C)(C)c1cnc(-c2[c-]cccc2)cc1CC1CCCCC1.Cc1cccc(C)c1-n1c(-c2[c-]ccc3c2oc2ccccc23)nc2ccccc21.[Ir]. The number of benzene rings is 5. The molecule has 0 atom stereocenters. The molecule has 0 saturated heterocycles. The summed E-state index contributed by atoms with van der Waals surface area (Å²) in [7, 11) is -1.36. The van der Waals surface area contributed by atoms with Crippen LogP contribution in [0.5, 0.6) is 0 Å². The van der Waals surface area contributed by atoms with Crippen molar-refractivity contribution in [3.05, 3.63) is 144 Å². The molecule has 1 fully saturated rings. The molecule has 4 nitrogen and oxygen atoms in total. The molecule has 1 radical (unpaired) electrons. The molecule has 9 rings (SSSR count). The zero-order chi connectivity index (χ0) is 36.5. The number of pyridine rings is 1. The Morgan fingerprint density at radius 3 is 2.28 bits per heavy atom. The first-order chi connectivity index (χ1) is 25.8. The van der Waals surface area contributed by atoms with Gasteiger partial charge in [-0.2, -0.15) is 0 Å². The van der Waals surface area contributed by atoms with Crippen LogP contribution in [0.3, 0.4) is 0 Å². The Balaban J connectivity index is 0.000000170. The molecule has 8 aromatic rings. The number of hydrogen-bond acceptors (Lipinski definition) is 3. The number of furan rings is 1. The molecule has 1 aliphatic carbocycles. The fraction of sp³-hybridized carbons (Fsp3) is 0.250. The molecule has 1 saturated carbocycles. The number of hydrogen-bond donors (Lipinski definition) is 0. The second kappa shape index (κ2) is 16.0. The van der Waals surface area contributed by atoms with Crippen molar-refractivity contribution in [3.63, 3.8) is 0 Å². The van der Waals surface area contributed by atoms with Crippen molar-refractivity contribution < 1.29 is 24.5 Å². The van der Waals surface area contributed by atoms with Crippen molar-refractivity contribution in [3.8, 4) is 28.3 Å². The summed E-state index contributed by atoms with van der Waals surface area (Å²) in [5, 5.41) is 3.74. The maximum atomic E-state index is 6.30. The van der Waals surface area contributed by atoms with Crippen molar-refractivity contribution in [1.29, 1.82) is 0 Å². The minimum Gasteiger partial charge on any atom is -0.501 e. The Labute approximate surface area is 334 Å². The molecule has 54 heavy (non-hydrogen) atoms. The average molecular weight is 902 g/mol. The van der Waals surface area contributed by atoms with Crippen molar-refractivity contribution in [2.45, 2.75) is 72.0 Å². The molecule has 5 aromatic carbocycles. The molecule has 0 bridgehead atoms. The van der Waals surface area contributed by atoms with E-state index in [4.69, 9.17) is 14.4 Å². The van der Waals surface area contributed by atoms with E-state index in [1.807, 2.05) is 42.5 Å². The molecular weight excluding hydrogens is 855 g/mol. The molecule has 275 valence electrons. The average Bonchev–Trinajstić information content (AvgIpc) is 3.74. The second-order valence-electron chi connectivity index (χ2n) is 15.7. The Hall–Kier alpha value is -4.61. The van der Waals surface area contributed by atoms with Gasteiger partial charge in [0.2, 0.25) is 0 Å². The van der Waals surface area contributed by atoms with Gasteiger partial charge in [0.1, 0.15) is 5.58 Å². The number of para-hydroxylation sites is 4. The number of fused-ring (bicyclic) bond motifs is 4. The van der Waals surface area contributed by atoms with Gasteiger partial charge in [0.25, 0.3) is 0 Å². The Morgan fingerprint density at radius 1 is 0.778 bits per heavy atom. The van der Waals surface area contributed by atoms with E-state index in [2.05, 4.69) is 123 Å². The van der Waals surface area contributed by atoms with Gasteiger partial charge in [-0.3, -0.25) is 4.98 Å². The van der Waals surface area contributed by atoms with Gasteiger partial charge in [-0.15, -0.1) is 54.1 Å². The quantitative estimate of drug-likeness (QED) is 0.123. The predicted molar refractivity (Wildman–Crippen MR) is 224 cm³/mol. The van der Waals surface area contributed by atoms with Crippen LogP contribution in [-0.2, 0) is 26.5 Å². The maximum absolute atomic E-state index is 6.30. The van der Waals surface area contributed by atoms with E-state index in [0.29, 0.717) is 0 Å². The first kappa shape index (κ1) is 37.7. The first-order valence-electron chi connectivity index (χ1n) is 19.1. The largest absolute Gasteiger partial charge is 0.501 e. The first-order valence-corrected chi connectivity index (χ1v) is 22.6. The monoisotopic (exact) mass is 902 g/mol. The molecule has 0 spiro atoms. The predicted octanol–water partition coefficient (Wildman–Crippen LogP) is 12.2. The smallest absolute Gasteiger partial charge is 0.120 e. The summed E-state index contributed by atoms with van der Waals surface area (Å²) < 4.78 is 8.55. The van der Waals surface area contributed by atoms with Crippen LogP contribution in [0.1, 0.15) is 48.8 Å². The van der Waals surface area contributed by atoms with Gasteiger partial charge in [-0.05, 0) is 66.4 Å². The van der Waals surface area contributed by atoms with Crippen LogP contribution in [0.15, 0.2) is 120 Å². The van der Waals surface area contributed by atoms with E-state index in [-0.39, 0.29) is 20.1 Å². The van der Waals surface area contributed by atoms with Crippen molar-refractivity contribution >= 4 is 46.2 Å². The third kappa shape index (κ3) is 7.53. The number of nitrogens with zero attached hydrogens (tertiary/aromatic N) is 3. The Bertz CT molecular complexity index is 2520. The summed E-state index contributed by atoms with van der Waals surface area (Å²) in [6.45, 7) is 11.6. The van der Waals surface area contributed by atoms with Crippen LogP contribution < -0.4 is 5.19 Å². The van der Waals surface area contributed by atoms with Gasteiger partial charge in [0.15, 0.2) is 0 Å². The van der Waals surface area contributed by atoms with Crippen LogP contribution in [0.2, 0.25) is 19.6 Å². The minimum absolute atomic E-state index is 0. The summed E-state index contributed by atoms with van der Waals surface area (Å²) in [6.07, 6.45) is 10.5. The van der Waals surface area contributed by atoms with Crippen molar-refractivity contribution in [2.75, 3.05) is 0 Å². The van der Waals surface area contributed by atoms with Gasteiger partial charge in [0.05, 0.1) is 30.5 Å². The summed E-state index contributed by atoms with van der Waals surface area (Å²) in [6, 6.07) is 44.1. The molecule has 0 amide bonds. The van der Waals surface area contributed by atoms with Crippen LogP contribution in [0, 0.1) is 31.9 Å². The van der Waals surface area contributed by atoms with Crippen LogP contribution >= 0.6 is 0 Å². The van der Waals surface area contributed by atoms with Crippen LogP contribution in [0.4, 0.5) is 0 Å². The molecule has 3 heterocycles. The Kier molecular flexibility index (Phi) is 11.2. The number of aryl methyl sites for hydroxylation is 2. The van der Waals surface area contributed by atoms with E-state index in [0.717, 1.165) is 67.2 Å². The number of rotatable bonds is 6. The minimum atomic E-state index is -1.36. The van der Waals surface area contributed by atoms with Gasteiger partial charge in [0, 0.05) is 37.4 Å². The number of aromatic nitrogens is 3. The normalized spacial score (nSPS) is 13.5. The zero-order valence-corrected chi connectivity index (χ0v) is 35.3. The topological polar surface area (TPSA) is 43.9 Å². The summed E-state index contributed by atoms with van der Waals surface area (Å²) >= 11 is 0. The zero-order valence-electron chi connectivity index (χ0n) is 31.9. The molecule has 1 aliphatic rings. The summed E-state index contributed by atoms with van der Waals surface area (Å²) in [5.74, 6) is 1.71. The maximum Gasteiger partial charge on any atom is 0.120 e. The fourth-order valence-electron chi connectivity index (χ4n) is 8.18. The summed E-state index contributed by atoms with van der Waals surface area (Å²) in [4.78, 5) is 9.81. The molecule has 0 unspecified atom stereocenters. The second-order valence-corrected chi connectivity index (χ2v) is 20.7. The van der Waals surface area contributed by atoms with E-state index >= 15 is 0 Å². The van der Waals surface area contributed by atoms with Crippen molar-refractivity contribution in [1.82, 2.24) is 14.5 Å². The van der Waals surface area contributed by atoms with E-state index in [1.165, 1.54) is 49.7 Å². The molecule has 0 N–H and O–H groups in total. The van der Waals surface area contributed by atoms with Gasteiger partial charge in [-0.1, -0.05) is 123 Å². The van der Waals surface area contributed by atoms with Crippen LogP contribution in [0.25, 0.3) is 61.3 Å². The molecule has 0 aliphatic heterocycles. The molecule has 6 heteroatoms. The Morgan fingerprint density at radius 2 is 1.52 bits per heavy atom. The van der Waals surface area contributed by atoms with Crippen molar-refractivity contribution in [2.24, 2.45) is 5.92 Å². The van der Waals surface area contributed by atoms with Gasteiger partial charge >= 0.3 is 0 Å². The standard InChI is InChI=1S/C27H19N2O.C21H28NSi.Ir/c1-17-9-7-10-18(2)25(17)29-23-15-5-4-14-22(23)28-27(29)21-13-8-12-20-19-11-3-6-16-24(19)30-26(20)21;1-23(2,3)21-16-22-20(18-12-8-5-9-13-18)15-19(21)14-17-10-6-4-7-11-17;/h3-12,14-16H,1-2H3;5,8-9,12,15-17H,4,6-7,10-11,14H2,1-3H3;/q2*-1;. The van der Waals surface area contributed by atoms with Crippen LogP contribution in [-0.4, -0.2) is 22.6 Å². The number of imidazole rings is 1. The molecule has 3 aromatic heterocycles. The van der Waals surface area contributed by atoms with E-state index < -0.39 is 8.07 Å². The third-order valence-electron chi connectivity index (χ3n) is 10.8. The van der Waals surface area contributed by atoms with Gasteiger partial charge in [-0.25, -0.2) is 0 Å². The summed E-state index contributed by atoms with van der Waals surface area (Å²) in [5.41, 5.74) is 11.9. The van der Waals surface area contributed by atoms with E-state index in [9.17, 15) is 0 Å². The van der Waals surface area contributed by atoms with E-state index in [1.54, 1.807) is 10.8 Å². The van der Waals surface area contributed by atoms with Gasteiger partial charge < -0.3 is 14.0 Å².